The quantitative estimate of drug-likeness (QED) is 0.567. The number of sulfonamides is 1. The van der Waals surface area contributed by atoms with Gasteiger partial charge in [-0.3, -0.25) is 4.79 Å². The van der Waals surface area contributed by atoms with Crippen molar-refractivity contribution in [2.24, 2.45) is 0 Å². The topological polar surface area (TPSA) is 88.9 Å². The van der Waals surface area contributed by atoms with E-state index >= 15 is 0 Å². The largest absolute Gasteiger partial charge is 0.489 e. The highest BCUT2D eigenvalue weighted by atomic mass is 32.2. The second-order valence-electron chi connectivity index (χ2n) is 8.30. The molecule has 0 saturated carbocycles. The smallest absolute Gasteiger partial charge is 0.291 e. The van der Waals surface area contributed by atoms with Gasteiger partial charge in [0.25, 0.3) is 5.91 Å². The first-order valence-electron chi connectivity index (χ1n) is 10.9. The average molecular weight is 457 g/mol. The van der Waals surface area contributed by atoms with Crippen molar-refractivity contribution < 1.29 is 22.4 Å². The van der Waals surface area contributed by atoms with Gasteiger partial charge in [-0.1, -0.05) is 24.6 Å². The summed E-state index contributed by atoms with van der Waals surface area (Å²) < 4.78 is 39.4. The number of carbonyl (C=O) groups excluding carboxylic acids is 1. The third-order valence-corrected chi connectivity index (χ3v) is 7.46. The van der Waals surface area contributed by atoms with Crippen LogP contribution in [0, 0.1) is 6.92 Å². The SMILES string of the molecule is Cc1c(C(=O)Nc2cc(S(=O)(=O)N3CCCCC3)ccc2OC(C)C)oc2ccccc12. The Morgan fingerprint density at radius 2 is 1.81 bits per heavy atom. The van der Waals surface area contributed by atoms with E-state index in [-0.39, 0.29) is 16.8 Å². The van der Waals surface area contributed by atoms with Gasteiger partial charge in [0.15, 0.2) is 5.76 Å². The van der Waals surface area contributed by atoms with Crippen LogP contribution in [0.1, 0.15) is 49.2 Å². The Bertz CT molecular complexity index is 1240. The Kier molecular flexibility index (Phi) is 6.26. The molecule has 32 heavy (non-hydrogen) atoms. The number of hydrogen-bond donors (Lipinski definition) is 1. The molecule has 2 aromatic carbocycles. The van der Waals surface area contributed by atoms with Gasteiger partial charge in [0.2, 0.25) is 10.0 Å². The van der Waals surface area contributed by atoms with E-state index in [1.165, 1.54) is 16.4 Å². The highest BCUT2D eigenvalue weighted by molar-refractivity contribution is 7.89. The van der Waals surface area contributed by atoms with E-state index in [0.717, 1.165) is 30.2 Å². The molecule has 7 nitrogen and oxygen atoms in total. The standard InChI is InChI=1S/C24H28N2O5S/c1-16(2)30-22-12-11-18(32(28,29)26-13-7-4-8-14-26)15-20(22)25-24(27)23-17(3)19-9-5-6-10-21(19)31-23/h5-6,9-12,15-16H,4,7-8,13-14H2,1-3H3,(H,25,27). The number of rotatable bonds is 6. The molecule has 3 aromatic rings. The van der Waals surface area contributed by atoms with Crippen molar-refractivity contribution in [3.8, 4) is 5.75 Å². The van der Waals surface area contributed by atoms with Crippen LogP contribution in [0.25, 0.3) is 11.0 Å². The summed E-state index contributed by atoms with van der Waals surface area (Å²) in [5.41, 5.74) is 1.64. The molecule has 8 heteroatoms. The number of carbonyl (C=O) groups is 1. The van der Waals surface area contributed by atoms with E-state index in [1.807, 2.05) is 39.0 Å². The second-order valence-corrected chi connectivity index (χ2v) is 10.2. The van der Waals surface area contributed by atoms with Gasteiger partial charge in [0.1, 0.15) is 11.3 Å². The molecular formula is C24H28N2O5S. The van der Waals surface area contributed by atoms with Crippen LogP contribution in [0.4, 0.5) is 5.69 Å². The molecule has 0 aliphatic carbocycles. The third kappa shape index (κ3) is 4.38. The maximum Gasteiger partial charge on any atom is 0.291 e. The van der Waals surface area contributed by atoms with Crippen molar-refractivity contribution >= 4 is 32.6 Å². The van der Waals surface area contributed by atoms with Crippen LogP contribution in [0.15, 0.2) is 51.8 Å². The van der Waals surface area contributed by atoms with Gasteiger partial charge in [0.05, 0.1) is 16.7 Å². The lowest BCUT2D eigenvalue weighted by molar-refractivity contribution is 0.0997. The predicted octanol–water partition coefficient (Wildman–Crippen LogP) is 4.96. The molecule has 0 atom stereocenters. The number of furan rings is 1. The zero-order valence-corrected chi connectivity index (χ0v) is 19.4. The lowest BCUT2D eigenvalue weighted by Gasteiger charge is -2.26. The summed E-state index contributed by atoms with van der Waals surface area (Å²) in [5, 5.41) is 3.67. The van der Waals surface area contributed by atoms with Crippen molar-refractivity contribution in [2.45, 2.75) is 51.0 Å². The van der Waals surface area contributed by atoms with Gasteiger partial charge < -0.3 is 14.5 Å². The Morgan fingerprint density at radius 3 is 2.50 bits per heavy atom. The van der Waals surface area contributed by atoms with E-state index < -0.39 is 15.9 Å². The average Bonchev–Trinajstić information content (AvgIpc) is 3.12. The number of piperidine rings is 1. The van der Waals surface area contributed by atoms with Gasteiger partial charge in [-0.05, 0) is 57.9 Å². The molecule has 1 amide bonds. The lowest BCUT2D eigenvalue weighted by Crippen LogP contribution is -2.35. The number of hydrogen-bond acceptors (Lipinski definition) is 5. The second kappa shape index (κ2) is 8.96. The zero-order chi connectivity index (χ0) is 22.9. The summed E-state index contributed by atoms with van der Waals surface area (Å²) in [7, 11) is -3.66. The molecule has 2 heterocycles. The minimum absolute atomic E-state index is 0.132. The first-order chi connectivity index (χ1) is 15.3. The Balaban J connectivity index is 1.69. The molecule has 170 valence electrons. The van der Waals surface area contributed by atoms with Crippen molar-refractivity contribution in [3.63, 3.8) is 0 Å². The summed E-state index contributed by atoms with van der Waals surface area (Å²) in [6.07, 6.45) is 2.58. The summed E-state index contributed by atoms with van der Waals surface area (Å²) in [6.45, 7) is 6.57. The number of anilines is 1. The number of fused-ring (bicyclic) bond motifs is 1. The van der Waals surface area contributed by atoms with Crippen LogP contribution >= 0.6 is 0 Å². The lowest BCUT2D eigenvalue weighted by atomic mass is 10.1. The molecule has 0 radical (unpaired) electrons. The van der Waals surface area contributed by atoms with E-state index in [1.54, 1.807) is 12.1 Å². The molecule has 1 fully saturated rings. The van der Waals surface area contributed by atoms with Gasteiger partial charge in [0, 0.05) is 24.0 Å². The van der Waals surface area contributed by atoms with E-state index in [2.05, 4.69) is 5.32 Å². The first kappa shape index (κ1) is 22.4. The molecule has 0 unspecified atom stereocenters. The minimum Gasteiger partial charge on any atom is -0.489 e. The van der Waals surface area contributed by atoms with Gasteiger partial charge in [-0.15, -0.1) is 0 Å². The summed E-state index contributed by atoms with van der Waals surface area (Å²) in [4.78, 5) is 13.2. The van der Waals surface area contributed by atoms with Crippen LogP contribution in [0.3, 0.4) is 0 Å². The predicted molar refractivity (Wildman–Crippen MR) is 124 cm³/mol. The van der Waals surface area contributed by atoms with Gasteiger partial charge >= 0.3 is 0 Å². The number of ether oxygens (including phenoxy) is 1. The molecule has 1 N–H and O–H groups in total. The summed E-state index contributed by atoms with van der Waals surface area (Å²) >= 11 is 0. The van der Waals surface area contributed by atoms with Gasteiger partial charge in [-0.2, -0.15) is 4.31 Å². The van der Waals surface area contributed by atoms with Crippen molar-refractivity contribution in [2.75, 3.05) is 18.4 Å². The molecule has 1 aliphatic heterocycles. The normalized spacial score (nSPS) is 15.2. The Morgan fingerprint density at radius 1 is 1.09 bits per heavy atom. The van der Waals surface area contributed by atoms with Crippen LogP contribution in [0.5, 0.6) is 5.75 Å². The Hall–Kier alpha value is -2.84. The number of amides is 1. The molecule has 0 spiro atoms. The molecule has 4 rings (SSSR count). The summed E-state index contributed by atoms with van der Waals surface area (Å²) in [5.74, 6) is 0.130. The monoisotopic (exact) mass is 456 g/mol. The molecule has 1 saturated heterocycles. The van der Waals surface area contributed by atoms with E-state index in [9.17, 15) is 13.2 Å². The highest BCUT2D eigenvalue weighted by Gasteiger charge is 2.27. The molecule has 1 aliphatic rings. The minimum atomic E-state index is -3.66. The molecular weight excluding hydrogens is 428 g/mol. The number of aryl methyl sites for hydroxylation is 1. The van der Waals surface area contributed by atoms with Crippen molar-refractivity contribution in [1.82, 2.24) is 4.31 Å². The first-order valence-corrected chi connectivity index (χ1v) is 12.3. The third-order valence-electron chi connectivity index (χ3n) is 5.56. The number of nitrogens with one attached hydrogen (secondary N) is 1. The zero-order valence-electron chi connectivity index (χ0n) is 18.6. The van der Waals surface area contributed by atoms with Gasteiger partial charge in [-0.25, -0.2) is 8.42 Å². The summed E-state index contributed by atoms with van der Waals surface area (Å²) in [6, 6.07) is 12.0. The van der Waals surface area contributed by atoms with E-state index in [0.29, 0.717) is 30.1 Å². The fourth-order valence-corrected chi connectivity index (χ4v) is 5.49. The molecule has 1 aromatic heterocycles. The van der Waals surface area contributed by atoms with Crippen molar-refractivity contribution in [1.29, 1.82) is 0 Å². The van der Waals surface area contributed by atoms with E-state index in [4.69, 9.17) is 9.15 Å². The molecule has 0 bridgehead atoms. The number of nitrogens with zero attached hydrogens (tertiary/aromatic N) is 1. The number of para-hydroxylation sites is 1. The van der Waals surface area contributed by atoms with Crippen LogP contribution in [-0.4, -0.2) is 37.8 Å². The maximum absolute atomic E-state index is 13.2. The van der Waals surface area contributed by atoms with Crippen LogP contribution < -0.4 is 10.1 Å². The number of benzene rings is 2. The highest BCUT2D eigenvalue weighted by Crippen LogP contribution is 2.32. The Labute approximate surface area is 188 Å². The van der Waals surface area contributed by atoms with Crippen molar-refractivity contribution in [3.05, 3.63) is 53.8 Å². The maximum atomic E-state index is 13.2. The van der Waals surface area contributed by atoms with Crippen LogP contribution in [-0.2, 0) is 10.0 Å². The fourth-order valence-electron chi connectivity index (χ4n) is 3.95. The fraction of sp³-hybridized carbons (Fsp3) is 0.375. The van der Waals surface area contributed by atoms with Crippen LogP contribution in [0.2, 0.25) is 0 Å².